The molecule has 0 spiro atoms. The Morgan fingerprint density at radius 3 is 2.37 bits per heavy atom. The third kappa shape index (κ3) is 4.23. The van der Waals surface area contributed by atoms with Crippen molar-refractivity contribution in [2.75, 3.05) is 26.2 Å². The van der Waals surface area contributed by atoms with Crippen LogP contribution >= 0.6 is 0 Å². The summed E-state index contributed by atoms with van der Waals surface area (Å²) in [5.41, 5.74) is 3.63. The molecule has 1 saturated heterocycles. The van der Waals surface area contributed by atoms with Crippen LogP contribution in [0, 0.1) is 5.92 Å². The average molecular weight is 364 g/mol. The molecule has 4 nitrogen and oxygen atoms in total. The summed E-state index contributed by atoms with van der Waals surface area (Å²) < 4.78 is 0. The maximum absolute atomic E-state index is 13.0. The molecule has 27 heavy (non-hydrogen) atoms. The fourth-order valence-corrected chi connectivity index (χ4v) is 4.33. The van der Waals surface area contributed by atoms with Crippen LogP contribution in [-0.4, -0.2) is 47.0 Å². The molecule has 142 valence electrons. The van der Waals surface area contributed by atoms with Gasteiger partial charge in [0.05, 0.1) is 6.10 Å². The number of likely N-dealkylation sites (tertiary alicyclic amines) is 1. The molecule has 2 aliphatic heterocycles. The van der Waals surface area contributed by atoms with Gasteiger partial charge in [-0.25, -0.2) is 0 Å². The van der Waals surface area contributed by atoms with Crippen molar-refractivity contribution in [1.82, 2.24) is 9.80 Å². The lowest BCUT2D eigenvalue weighted by atomic mass is 9.92. The Morgan fingerprint density at radius 2 is 1.63 bits per heavy atom. The summed E-state index contributed by atoms with van der Waals surface area (Å²) >= 11 is 0. The van der Waals surface area contributed by atoms with Crippen LogP contribution in [0.2, 0.25) is 0 Å². The number of rotatable bonds is 4. The van der Waals surface area contributed by atoms with Crippen LogP contribution in [0.15, 0.2) is 54.6 Å². The number of hydrogen-bond acceptors (Lipinski definition) is 3. The number of aliphatic hydroxyl groups excluding tert-OH is 1. The van der Waals surface area contributed by atoms with Gasteiger partial charge in [0.1, 0.15) is 0 Å². The highest BCUT2D eigenvalue weighted by molar-refractivity contribution is 5.79. The summed E-state index contributed by atoms with van der Waals surface area (Å²) in [4.78, 5) is 17.3. The summed E-state index contributed by atoms with van der Waals surface area (Å²) in [6.45, 7) is 3.99. The Kier molecular flexibility index (Phi) is 5.55. The second-order valence-electron chi connectivity index (χ2n) is 7.78. The fraction of sp³-hybridized carbons (Fsp3) is 0.435. The first-order valence-corrected chi connectivity index (χ1v) is 10.0. The molecule has 2 heterocycles. The summed E-state index contributed by atoms with van der Waals surface area (Å²) in [5.74, 6) is 0.438. The third-order valence-electron chi connectivity index (χ3n) is 5.99. The van der Waals surface area contributed by atoms with Crippen molar-refractivity contribution in [3.05, 3.63) is 71.3 Å². The number of benzene rings is 2. The Balaban J connectivity index is 1.28. The quantitative estimate of drug-likeness (QED) is 0.907. The highest BCUT2D eigenvalue weighted by atomic mass is 16.3. The van der Waals surface area contributed by atoms with E-state index in [0.29, 0.717) is 12.5 Å². The molecule has 0 saturated carbocycles. The van der Waals surface area contributed by atoms with Crippen molar-refractivity contribution < 1.29 is 9.90 Å². The van der Waals surface area contributed by atoms with Crippen LogP contribution < -0.4 is 0 Å². The van der Waals surface area contributed by atoms with Crippen LogP contribution in [-0.2, 0) is 17.8 Å². The van der Waals surface area contributed by atoms with Crippen LogP contribution in [0.4, 0.5) is 0 Å². The number of fused-ring (bicyclic) bond motifs is 1. The molecule has 4 rings (SSSR count). The summed E-state index contributed by atoms with van der Waals surface area (Å²) in [6, 6.07) is 18.3. The molecule has 2 aromatic carbocycles. The third-order valence-corrected chi connectivity index (χ3v) is 5.99. The largest absolute Gasteiger partial charge is 0.387 e. The highest BCUT2D eigenvalue weighted by Crippen LogP contribution is 2.25. The number of piperidine rings is 1. The fourth-order valence-electron chi connectivity index (χ4n) is 4.33. The van der Waals surface area contributed by atoms with Gasteiger partial charge in [0.15, 0.2) is 0 Å². The van der Waals surface area contributed by atoms with E-state index in [2.05, 4.69) is 29.2 Å². The Hall–Kier alpha value is -2.17. The van der Waals surface area contributed by atoms with Gasteiger partial charge >= 0.3 is 0 Å². The standard InChI is InChI=1S/C23H28N2O2/c26-22(19-7-2-1-3-8-19)17-24-13-10-20(11-14-24)23(27)25-15-12-18-6-4-5-9-21(18)16-25/h1-9,20,22,26H,10-17H2/t22-/m0/s1. The topological polar surface area (TPSA) is 43.8 Å². The molecule has 4 heteroatoms. The van der Waals surface area contributed by atoms with E-state index in [4.69, 9.17) is 0 Å². The van der Waals surface area contributed by atoms with Gasteiger partial charge < -0.3 is 14.9 Å². The van der Waals surface area contributed by atoms with Crippen molar-refractivity contribution in [1.29, 1.82) is 0 Å². The SMILES string of the molecule is O=C(C1CCN(C[C@H](O)c2ccccc2)CC1)N1CCc2ccccc2C1. The van der Waals surface area contributed by atoms with E-state index in [9.17, 15) is 9.90 Å². The highest BCUT2D eigenvalue weighted by Gasteiger charge is 2.30. The molecule has 0 radical (unpaired) electrons. The van der Waals surface area contributed by atoms with E-state index in [-0.39, 0.29) is 5.92 Å². The predicted molar refractivity (Wildman–Crippen MR) is 106 cm³/mol. The summed E-state index contributed by atoms with van der Waals surface area (Å²) in [6.07, 6.45) is 2.28. The molecule has 2 aliphatic rings. The number of carbonyl (C=O) groups excluding carboxylic acids is 1. The molecule has 2 aromatic rings. The first-order chi connectivity index (χ1) is 13.2. The average Bonchev–Trinajstić information content (AvgIpc) is 2.74. The van der Waals surface area contributed by atoms with Crippen molar-refractivity contribution in [2.24, 2.45) is 5.92 Å². The summed E-state index contributed by atoms with van der Waals surface area (Å²) in [5, 5.41) is 10.4. The molecule has 0 unspecified atom stereocenters. The van der Waals surface area contributed by atoms with E-state index in [1.165, 1.54) is 11.1 Å². The van der Waals surface area contributed by atoms with Gasteiger partial charge in [-0.2, -0.15) is 0 Å². The van der Waals surface area contributed by atoms with Crippen LogP contribution in [0.25, 0.3) is 0 Å². The molecule has 0 aromatic heterocycles. The Bertz CT molecular complexity index is 769. The Morgan fingerprint density at radius 1 is 0.963 bits per heavy atom. The van der Waals surface area contributed by atoms with E-state index in [0.717, 1.165) is 51.0 Å². The predicted octanol–water partition coefficient (Wildman–Crippen LogP) is 3.02. The first-order valence-electron chi connectivity index (χ1n) is 10.0. The number of amides is 1. The van der Waals surface area contributed by atoms with Crippen LogP contribution in [0.3, 0.4) is 0 Å². The van der Waals surface area contributed by atoms with E-state index in [1.54, 1.807) is 0 Å². The number of aliphatic hydroxyl groups is 1. The van der Waals surface area contributed by atoms with E-state index < -0.39 is 6.10 Å². The van der Waals surface area contributed by atoms with E-state index in [1.807, 2.05) is 35.2 Å². The smallest absolute Gasteiger partial charge is 0.226 e. The zero-order valence-corrected chi connectivity index (χ0v) is 15.8. The molecule has 1 N–H and O–H groups in total. The first kappa shape index (κ1) is 18.2. The zero-order chi connectivity index (χ0) is 18.6. The number of nitrogens with zero attached hydrogens (tertiary/aromatic N) is 2. The van der Waals surface area contributed by atoms with Crippen molar-refractivity contribution in [3.8, 4) is 0 Å². The lowest BCUT2D eigenvalue weighted by Gasteiger charge is -2.36. The zero-order valence-electron chi connectivity index (χ0n) is 15.8. The van der Waals surface area contributed by atoms with E-state index >= 15 is 0 Å². The monoisotopic (exact) mass is 364 g/mol. The van der Waals surface area contributed by atoms with Crippen molar-refractivity contribution >= 4 is 5.91 Å². The maximum Gasteiger partial charge on any atom is 0.226 e. The number of β-amino-alcohol motifs (C(OH)–C–C–N with tert-alkyl or cyclic N) is 1. The second-order valence-corrected chi connectivity index (χ2v) is 7.78. The lowest BCUT2D eigenvalue weighted by molar-refractivity contribution is -0.138. The maximum atomic E-state index is 13.0. The summed E-state index contributed by atoms with van der Waals surface area (Å²) in [7, 11) is 0. The van der Waals surface area contributed by atoms with Crippen LogP contribution in [0.1, 0.15) is 35.6 Å². The van der Waals surface area contributed by atoms with Crippen molar-refractivity contribution in [3.63, 3.8) is 0 Å². The minimum absolute atomic E-state index is 0.125. The molecular formula is C23H28N2O2. The number of hydrogen-bond donors (Lipinski definition) is 1. The molecule has 1 atom stereocenters. The van der Waals surface area contributed by atoms with Crippen LogP contribution in [0.5, 0.6) is 0 Å². The minimum Gasteiger partial charge on any atom is -0.387 e. The van der Waals surface area contributed by atoms with Gasteiger partial charge in [-0.3, -0.25) is 4.79 Å². The second kappa shape index (κ2) is 8.24. The lowest BCUT2D eigenvalue weighted by Crippen LogP contribution is -2.45. The van der Waals surface area contributed by atoms with Gasteiger partial charge in [0, 0.05) is 25.6 Å². The molecule has 0 bridgehead atoms. The van der Waals surface area contributed by atoms with Gasteiger partial charge in [0.25, 0.3) is 0 Å². The van der Waals surface area contributed by atoms with Gasteiger partial charge in [-0.1, -0.05) is 54.6 Å². The normalized spacial score (nSPS) is 19.5. The molecule has 0 aliphatic carbocycles. The molecular weight excluding hydrogens is 336 g/mol. The van der Waals surface area contributed by atoms with Gasteiger partial charge in [-0.15, -0.1) is 0 Å². The van der Waals surface area contributed by atoms with Gasteiger partial charge in [0.2, 0.25) is 5.91 Å². The Labute approximate surface area is 161 Å². The van der Waals surface area contributed by atoms with Crippen molar-refractivity contribution in [2.45, 2.75) is 31.9 Å². The minimum atomic E-state index is -0.461. The molecule has 1 fully saturated rings. The number of carbonyl (C=O) groups is 1. The van der Waals surface area contributed by atoms with Gasteiger partial charge in [-0.05, 0) is 49.0 Å². The molecule has 1 amide bonds.